The van der Waals surface area contributed by atoms with Crippen LogP contribution in [0, 0.1) is 13.8 Å². The molecule has 0 fully saturated rings. The number of primary amides is 1. The lowest BCUT2D eigenvalue weighted by molar-refractivity contribution is -0.141. The number of hydrogen-bond donors (Lipinski definition) is 1. The van der Waals surface area contributed by atoms with Crippen molar-refractivity contribution < 1.29 is 37.0 Å². The maximum atomic E-state index is 12.7. The van der Waals surface area contributed by atoms with Gasteiger partial charge in [-0.25, -0.2) is 4.79 Å². The average Bonchev–Trinajstić information content (AvgIpc) is 2.91. The van der Waals surface area contributed by atoms with E-state index in [0.29, 0.717) is 5.75 Å². The summed E-state index contributed by atoms with van der Waals surface area (Å²) in [6, 6.07) is 6.93. The topological polar surface area (TPSA) is 101 Å². The van der Waals surface area contributed by atoms with Crippen molar-refractivity contribution in [3.63, 3.8) is 0 Å². The van der Waals surface area contributed by atoms with Gasteiger partial charge in [-0.05, 0) is 44.2 Å². The summed E-state index contributed by atoms with van der Waals surface area (Å²) in [5, 5.41) is 0. The molecule has 0 saturated heterocycles. The van der Waals surface area contributed by atoms with Crippen molar-refractivity contribution in [1.29, 1.82) is 0 Å². The Hall–Kier alpha value is -3.30. The first kappa shape index (κ1) is 22.0. The lowest BCUT2D eigenvalue weighted by Gasteiger charge is -2.12. The summed E-state index contributed by atoms with van der Waals surface area (Å²) in [5.74, 6) is -1.74. The predicted molar refractivity (Wildman–Crippen MR) is 95.7 cm³/mol. The molecule has 2 rings (SSSR count). The second-order valence-corrected chi connectivity index (χ2v) is 6.26. The van der Waals surface area contributed by atoms with Gasteiger partial charge >= 0.3 is 12.1 Å². The molecule has 0 atom stereocenters. The zero-order valence-corrected chi connectivity index (χ0v) is 15.7. The molecule has 7 nitrogen and oxygen atoms in total. The smallest absolute Gasteiger partial charge is 0.406 e. The maximum Gasteiger partial charge on any atom is 0.406 e. The van der Waals surface area contributed by atoms with Gasteiger partial charge < -0.3 is 19.8 Å². The Bertz CT molecular complexity index is 917. The first-order chi connectivity index (χ1) is 13.5. The molecule has 1 aromatic carbocycles. The van der Waals surface area contributed by atoms with Crippen LogP contribution in [0.5, 0.6) is 5.75 Å². The van der Waals surface area contributed by atoms with Crippen LogP contribution in [-0.4, -0.2) is 41.6 Å². The molecular weight excluding hydrogens is 393 g/mol. The normalized spacial score (nSPS) is 11.2. The summed E-state index contributed by atoms with van der Waals surface area (Å²) < 4.78 is 49.0. The number of nitrogens with zero attached hydrogens (tertiary/aromatic N) is 1. The van der Waals surface area contributed by atoms with E-state index in [-0.39, 0.29) is 29.1 Å². The minimum Gasteiger partial charge on any atom is -0.484 e. The third kappa shape index (κ3) is 6.09. The van der Waals surface area contributed by atoms with E-state index < -0.39 is 37.0 Å². The van der Waals surface area contributed by atoms with Crippen molar-refractivity contribution in [3.05, 3.63) is 52.8 Å². The molecule has 1 amide bonds. The number of alkyl halides is 3. The third-order valence-electron chi connectivity index (χ3n) is 4.02. The van der Waals surface area contributed by atoms with E-state index in [1.807, 2.05) is 0 Å². The number of halogens is 3. The molecule has 0 bridgehead atoms. The van der Waals surface area contributed by atoms with E-state index >= 15 is 0 Å². The van der Waals surface area contributed by atoms with Crippen LogP contribution in [-0.2, 0) is 16.1 Å². The number of ketones is 1. The summed E-state index contributed by atoms with van der Waals surface area (Å²) in [6.45, 7) is 0.726. The van der Waals surface area contributed by atoms with E-state index in [0.717, 1.165) is 4.57 Å². The second kappa shape index (κ2) is 8.80. The Kier molecular flexibility index (Phi) is 6.68. The van der Waals surface area contributed by atoms with Crippen LogP contribution in [0.1, 0.15) is 32.1 Å². The van der Waals surface area contributed by atoms with E-state index in [1.54, 1.807) is 0 Å². The van der Waals surface area contributed by atoms with Gasteiger partial charge in [-0.15, -0.1) is 0 Å². The molecule has 0 aliphatic rings. The minimum absolute atomic E-state index is 0.0646. The Morgan fingerprint density at radius 2 is 1.69 bits per heavy atom. The molecule has 156 valence electrons. The van der Waals surface area contributed by atoms with Crippen molar-refractivity contribution in [1.82, 2.24) is 4.57 Å². The molecular formula is C19H19F3N2O5. The van der Waals surface area contributed by atoms with E-state index in [9.17, 15) is 27.6 Å². The van der Waals surface area contributed by atoms with Gasteiger partial charge in [0.15, 0.2) is 13.2 Å². The first-order valence-corrected chi connectivity index (χ1v) is 8.43. The average molecular weight is 412 g/mol. The number of carbonyl (C=O) groups excluding carboxylic acids is 3. The fourth-order valence-corrected chi connectivity index (χ4v) is 2.64. The lowest BCUT2D eigenvalue weighted by atomic mass is 10.1. The number of benzene rings is 1. The number of aromatic nitrogens is 1. The van der Waals surface area contributed by atoms with Crippen molar-refractivity contribution in [2.24, 2.45) is 5.73 Å². The molecule has 2 N–H and O–H groups in total. The number of aryl methyl sites for hydroxylation is 1. The Balaban J connectivity index is 1.99. The maximum absolute atomic E-state index is 12.7. The molecule has 29 heavy (non-hydrogen) atoms. The van der Waals surface area contributed by atoms with Gasteiger partial charge in [-0.1, -0.05) is 0 Å². The molecule has 0 unspecified atom stereocenters. The summed E-state index contributed by atoms with van der Waals surface area (Å²) in [6.07, 6.45) is -4.42. The number of hydrogen-bond acceptors (Lipinski definition) is 5. The number of amides is 1. The molecule has 0 saturated carbocycles. The van der Waals surface area contributed by atoms with Crippen LogP contribution in [0.4, 0.5) is 13.2 Å². The van der Waals surface area contributed by atoms with Crippen LogP contribution in [0.3, 0.4) is 0 Å². The molecule has 0 spiro atoms. The van der Waals surface area contributed by atoms with E-state index in [4.69, 9.17) is 15.2 Å². The summed E-state index contributed by atoms with van der Waals surface area (Å²) in [4.78, 5) is 35.0. The lowest BCUT2D eigenvalue weighted by Crippen LogP contribution is -2.20. The third-order valence-corrected chi connectivity index (χ3v) is 4.02. The number of carbonyl (C=O) groups is 3. The highest BCUT2D eigenvalue weighted by atomic mass is 19.4. The molecule has 1 aromatic heterocycles. The molecule has 0 aliphatic heterocycles. The monoisotopic (exact) mass is 412 g/mol. The quantitative estimate of drug-likeness (QED) is 0.531. The van der Waals surface area contributed by atoms with Crippen LogP contribution >= 0.6 is 0 Å². The van der Waals surface area contributed by atoms with E-state index in [1.165, 1.54) is 44.2 Å². The van der Waals surface area contributed by atoms with Crippen molar-refractivity contribution in [2.45, 2.75) is 26.6 Å². The van der Waals surface area contributed by atoms with Crippen LogP contribution in [0.2, 0.25) is 0 Å². The van der Waals surface area contributed by atoms with Crippen LogP contribution in [0.15, 0.2) is 30.3 Å². The van der Waals surface area contributed by atoms with Crippen molar-refractivity contribution >= 4 is 17.7 Å². The number of Topliss-reactive ketones (excluding diaryl/α,β-unsaturated/α-hetero) is 1. The number of ether oxygens (including phenoxy) is 2. The van der Waals surface area contributed by atoms with Gasteiger partial charge in [0.2, 0.25) is 5.78 Å². The summed E-state index contributed by atoms with van der Waals surface area (Å²) >= 11 is 0. The van der Waals surface area contributed by atoms with E-state index in [2.05, 4.69) is 0 Å². The Labute approximate surface area is 164 Å². The minimum atomic E-state index is -4.42. The SMILES string of the molecule is Cc1cc(C(=O)COC(=O)c2ccc(OCC(N)=O)cc2)c(C)n1CC(F)(F)F. The van der Waals surface area contributed by atoms with Gasteiger partial charge in [-0.2, -0.15) is 13.2 Å². The second-order valence-electron chi connectivity index (χ2n) is 6.26. The predicted octanol–water partition coefficient (Wildman–Crippen LogP) is 2.57. The highest BCUT2D eigenvalue weighted by Gasteiger charge is 2.30. The summed E-state index contributed by atoms with van der Waals surface area (Å²) in [5.41, 5.74) is 5.58. The highest BCUT2D eigenvalue weighted by Crippen LogP contribution is 2.23. The molecule has 0 aliphatic carbocycles. The van der Waals surface area contributed by atoms with Gasteiger partial charge in [0.05, 0.1) is 5.56 Å². The zero-order valence-electron chi connectivity index (χ0n) is 15.7. The van der Waals surface area contributed by atoms with Gasteiger partial charge in [0.1, 0.15) is 12.3 Å². The Morgan fingerprint density at radius 3 is 2.24 bits per heavy atom. The zero-order chi connectivity index (χ0) is 21.8. The largest absolute Gasteiger partial charge is 0.484 e. The molecule has 0 radical (unpaired) electrons. The number of esters is 1. The molecule has 2 aromatic rings. The number of nitrogens with two attached hydrogens (primary N) is 1. The van der Waals surface area contributed by atoms with Crippen LogP contribution < -0.4 is 10.5 Å². The Morgan fingerprint density at radius 1 is 1.07 bits per heavy atom. The fourth-order valence-electron chi connectivity index (χ4n) is 2.64. The summed E-state index contributed by atoms with van der Waals surface area (Å²) in [7, 11) is 0. The van der Waals surface area contributed by atoms with Crippen LogP contribution in [0.25, 0.3) is 0 Å². The first-order valence-electron chi connectivity index (χ1n) is 8.43. The van der Waals surface area contributed by atoms with Crippen molar-refractivity contribution in [2.75, 3.05) is 13.2 Å². The van der Waals surface area contributed by atoms with Gasteiger partial charge in [0.25, 0.3) is 5.91 Å². The number of rotatable bonds is 8. The highest BCUT2D eigenvalue weighted by molar-refractivity contribution is 6.00. The molecule has 10 heteroatoms. The standard InChI is InChI=1S/C19H19F3N2O5/c1-11-7-15(12(2)24(11)10-19(20,21)22)16(25)8-29-18(27)13-3-5-14(6-4-13)28-9-17(23)26/h3-7H,8-10H2,1-2H3,(H2,23,26). The molecule has 1 heterocycles. The van der Waals surface area contributed by atoms with Crippen molar-refractivity contribution in [3.8, 4) is 5.75 Å². The fraction of sp³-hybridized carbons (Fsp3) is 0.316. The van der Waals surface area contributed by atoms with Gasteiger partial charge in [-0.3, -0.25) is 9.59 Å². The van der Waals surface area contributed by atoms with Gasteiger partial charge in [0, 0.05) is 17.0 Å².